The molecule has 1 heterocycles. The van der Waals surface area contributed by atoms with Gasteiger partial charge in [-0.15, -0.1) is 0 Å². The minimum atomic E-state index is -0.0669. The van der Waals surface area contributed by atoms with E-state index in [1.807, 2.05) is 18.2 Å². The lowest BCUT2D eigenvalue weighted by Gasteiger charge is -2.55. The van der Waals surface area contributed by atoms with Crippen molar-refractivity contribution in [1.29, 1.82) is 0 Å². The van der Waals surface area contributed by atoms with Gasteiger partial charge in [0.25, 0.3) is 0 Å². The van der Waals surface area contributed by atoms with Gasteiger partial charge >= 0.3 is 0 Å². The Labute approximate surface area is 142 Å². The SMILES string of the molecule is O=C(NCc1ccc2c(c1)OCCO2)C12CC3CC(CC(C3)C1)C2. The molecule has 0 aromatic heterocycles. The Bertz CT molecular complexity index is 634. The smallest absolute Gasteiger partial charge is 0.226 e. The average molecular weight is 327 g/mol. The number of ether oxygens (including phenoxy) is 2. The molecule has 0 unspecified atom stereocenters. The molecule has 0 spiro atoms. The summed E-state index contributed by atoms with van der Waals surface area (Å²) in [6.45, 7) is 1.78. The van der Waals surface area contributed by atoms with Crippen molar-refractivity contribution >= 4 is 5.91 Å². The Balaban J connectivity index is 1.28. The Morgan fingerprint density at radius 1 is 1.00 bits per heavy atom. The van der Waals surface area contributed by atoms with Crippen molar-refractivity contribution in [3.8, 4) is 11.5 Å². The molecule has 1 N–H and O–H groups in total. The van der Waals surface area contributed by atoms with E-state index < -0.39 is 0 Å². The van der Waals surface area contributed by atoms with Gasteiger partial charge in [0.05, 0.1) is 0 Å². The second-order valence-corrected chi connectivity index (χ2v) is 8.36. The standard InChI is InChI=1S/C20H25NO3/c22-19(20-9-14-5-15(10-20)7-16(6-14)11-20)21-12-13-1-2-17-18(8-13)24-4-3-23-17/h1-2,8,14-16H,3-7,9-12H2,(H,21,22). The van der Waals surface area contributed by atoms with Gasteiger partial charge in [-0.25, -0.2) is 0 Å². The first kappa shape index (κ1) is 14.6. The number of rotatable bonds is 3. The maximum absolute atomic E-state index is 13.0. The van der Waals surface area contributed by atoms with Crippen LogP contribution >= 0.6 is 0 Å². The molecule has 4 nitrogen and oxygen atoms in total. The third kappa shape index (κ3) is 2.38. The lowest BCUT2D eigenvalue weighted by Crippen LogP contribution is -2.53. The van der Waals surface area contributed by atoms with E-state index >= 15 is 0 Å². The summed E-state index contributed by atoms with van der Waals surface area (Å²) in [5, 5.41) is 3.23. The van der Waals surface area contributed by atoms with Gasteiger partial charge < -0.3 is 14.8 Å². The van der Waals surface area contributed by atoms with Gasteiger partial charge in [0.2, 0.25) is 5.91 Å². The van der Waals surface area contributed by atoms with Gasteiger partial charge in [-0.2, -0.15) is 0 Å². The number of amides is 1. The summed E-state index contributed by atoms with van der Waals surface area (Å²) >= 11 is 0. The lowest BCUT2D eigenvalue weighted by molar-refractivity contribution is -0.146. The summed E-state index contributed by atoms with van der Waals surface area (Å²) in [4.78, 5) is 13.0. The number of benzene rings is 1. The summed E-state index contributed by atoms with van der Waals surface area (Å²) in [6, 6.07) is 5.96. The van der Waals surface area contributed by atoms with Crippen LogP contribution in [0, 0.1) is 23.2 Å². The van der Waals surface area contributed by atoms with E-state index in [0.717, 1.165) is 54.1 Å². The predicted octanol–water partition coefficient (Wildman–Crippen LogP) is 3.29. The van der Waals surface area contributed by atoms with Crippen LogP contribution in [-0.2, 0) is 11.3 Å². The van der Waals surface area contributed by atoms with Crippen LogP contribution in [0.15, 0.2) is 18.2 Å². The molecule has 128 valence electrons. The molecule has 1 amide bonds. The fourth-order valence-corrected chi connectivity index (χ4v) is 5.96. The maximum Gasteiger partial charge on any atom is 0.226 e. The number of hydrogen-bond acceptors (Lipinski definition) is 3. The average Bonchev–Trinajstić information content (AvgIpc) is 2.58. The summed E-state index contributed by atoms with van der Waals surface area (Å²) in [7, 11) is 0. The molecule has 4 saturated carbocycles. The maximum atomic E-state index is 13.0. The number of carbonyl (C=O) groups excluding carboxylic acids is 1. The van der Waals surface area contributed by atoms with Gasteiger partial charge in [-0.05, 0) is 74.0 Å². The van der Waals surface area contributed by atoms with E-state index in [1.165, 1.54) is 19.3 Å². The van der Waals surface area contributed by atoms with Crippen molar-refractivity contribution in [3.05, 3.63) is 23.8 Å². The van der Waals surface area contributed by atoms with Crippen molar-refractivity contribution in [2.45, 2.75) is 45.1 Å². The van der Waals surface area contributed by atoms with Crippen LogP contribution < -0.4 is 14.8 Å². The van der Waals surface area contributed by atoms with Gasteiger partial charge in [0, 0.05) is 12.0 Å². The van der Waals surface area contributed by atoms with E-state index in [0.29, 0.717) is 19.8 Å². The molecule has 0 atom stereocenters. The van der Waals surface area contributed by atoms with Crippen LogP contribution in [-0.4, -0.2) is 19.1 Å². The minimum Gasteiger partial charge on any atom is -0.486 e. The van der Waals surface area contributed by atoms with Gasteiger partial charge in [0.15, 0.2) is 11.5 Å². The molecule has 0 saturated heterocycles. The third-order valence-electron chi connectivity index (χ3n) is 6.58. The number of nitrogens with one attached hydrogen (secondary N) is 1. The van der Waals surface area contributed by atoms with Crippen LogP contribution in [0.1, 0.15) is 44.1 Å². The number of carbonyl (C=O) groups is 1. The molecule has 1 aromatic rings. The highest BCUT2D eigenvalue weighted by Crippen LogP contribution is 2.60. The van der Waals surface area contributed by atoms with E-state index in [9.17, 15) is 4.79 Å². The van der Waals surface area contributed by atoms with Gasteiger partial charge in [-0.1, -0.05) is 6.07 Å². The Morgan fingerprint density at radius 3 is 2.29 bits per heavy atom. The highest BCUT2D eigenvalue weighted by atomic mass is 16.6. The molecule has 4 bridgehead atoms. The van der Waals surface area contributed by atoms with Crippen molar-refractivity contribution in [2.75, 3.05) is 13.2 Å². The van der Waals surface area contributed by atoms with Crippen molar-refractivity contribution in [2.24, 2.45) is 23.2 Å². The van der Waals surface area contributed by atoms with Gasteiger partial charge in [-0.3, -0.25) is 4.79 Å². The Kier molecular flexibility index (Phi) is 3.29. The first-order valence-electron chi connectivity index (χ1n) is 9.37. The Hall–Kier alpha value is -1.71. The largest absolute Gasteiger partial charge is 0.486 e. The first-order valence-corrected chi connectivity index (χ1v) is 9.37. The topological polar surface area (TPSA) is 47.6 Å². The first-order chi connectivity index (χ1) is 11.7. The van der Waals surface area contributed by atoms with Crippen molar-refractivity contribution in [1.82, 2.24) is 5.32 Å². The summed E-state index contributed by atoms with van der Waals surface area (Å²) in [6.07, 6.45) is 7.46. The molecule has 4 heteroatoms. The zero-order valence-electron chi connectivity index (χ0n) is 14.1. The van der Waals surface area contributed by atoms with Crippen LogP contribution in [0.25, 0.3) is 0 Å². The predicted molar refractivity (Wildman–Crippen MR) is 89.9 cm³/mol. The van der Waals surface area contributed by atoms with Crippen molar-refractivity contribution in [3.63, 3.8) is 0 Å². The minimum absolute atomic E-state index is 0.0669. The summed E-state index contributed by atoms with van der Waals surface area (Å²) in [5.41, 5.74) is 1.01. The second-order valence-electron chi connectivity index (χ2n) is 8.36. The fraction of sp³-hybridized carbons (Fsp3) is 0.650. The molecule has 24 heavy (non-hydrogen) atoms. The molecule has 0 radical (unpaired) electrons. The fourth-order valence-electron chi connectivity index (χ4n) is 5.96. The second kappa shape index (κ2) is 5.40. The molecule has 1 aromatic carbocycles. The quantitative estimate of drug-likeness (QED) is 0.927. The number of fused-ring (bicyclic) bond motifs is 1. The molecule has 4 fully saturated rings. The molecular weight excluding hydrogens is 302 g/mol. The molecule has 5 aliphatic rings. The normalized spacial score (nSPS) is 35.8. The van der Waals surface area contributed by atoms with Gasteiger partial charge in [0.1, 0.15) is 13.2 Å². The highest BCUT2D eigenvalue weighted by molar-refractivity contribution is 5.83. The zero-order valence-corrected chi connectivity index (χ0v) is 14.1. The third-order valence-corrected chi connectivity index (χ3v) is 6.58. The molecular formula is C20H25NO3. The van der Waals surface area contributed by atoms with Crippen LogP contribution in [0.3, 0.4) is 0 Å². The highest BCUT2D eigenvalue weighted by Gasteiger charge is 2.54. The molecule has 1 aliphatic heterocycles. The van der Waals surface area contributed by atoms with E-state index in [2.05, 4.69) is 5.32 Å². The summed E-state index contributed by atoms with van der Waals surface area (Å²) < 4.78 is 11.2. The Morgan fingerprint density at radius 2 is 1.62 bits per heavy atom. The van der Waals surface area contributed by atoms with E-state index in [4.69, 9.17) is 9.47 Å². The molecule has 6 rings (SSSR count). The molecule has 4 aliphatic carbocycles. The lowest BCUT2D eigenvalue weighted by atomic mass is 9.49. The monoisotopic (exact) mass is 327 g/mol. The number of hydrogen-bond donors (Lipinski definition) is 1. The van der Waals surface area contributed by atoms with Crippen LogP contribution in [0.2, 0.25) is 0 Å². The van der Waals surface area contributed by atoms with Crippen molar-refractivity contribution < 1.29 is 14.3 Å². The van der Waals surface area contributed by atoms with Crippen LogP contribution in [0.4, 0.5) is 0 Å². The summed E-state index contributed by atoms with van der Waals surface area (Å²) in [5.74, 6) is 4.29. The van der Waals surface area contributed by atoms with Crippen LogP contribution in [0.5, 0.6) is 11.5 Å². The van der Waals surface area contributed by atoms with E-state index in [1.54, 1.807) is 0 Å². The van der Waals surface area contributed by atoms with E-state index in [-0.39, 0.29) is 11.3 Å². The zero-order chi connectivity index (χ0) is 16.1.